The van der Waals surface area contributed by atoms with E-state index in [1.54, 1.807) is 6.07 Å². The number of ketones is 1. The number of Topliss-reactive ketones (excluding diaryl/α,β-unsaturated/α-hetero) is 1. The van der Waals surface area contributed by atoms with Gasteiger partial charge in [-0.3, -0.25) is 14.5 Å². The zero-order valence-electron chi connectivity index (χ0n) is 18.9. The fraction of sp³-hybridized carbons (Fsp3) is 0.269. The number of fused-ring (bicyclic) bond motifs is 3. The smallest absolute Gasteiger partial charge is 0.325 e. The Bertz CT molecular complexity index is 1390. The normalized spacial score (nSPS) is 20.2. The van der Waals surface area contributed by atoms with Gasteiger partial charge >= 0.3 is 6.03 Å². The van der Waals surface area contributed by atoms with E-state index in [2.05, 4.69) is 5.32 Å². The van der Waals surface area contributed by atoms with E-state index in [-0.39, 0.29) is 25.0 Å². The summed E-state index contributed by atoms with van der Waals surface area (Å²) in [5, 5.41) is 2.88. The predicted molar refractivity (Wildman–Crippen MR) is 122 cm³/mol. The molecule has 0 radical (unpaired) electrons. The molecular formula is C26H23N3O5. The third-order valence-electron chi connectivity index (χ3n) is 7.07. The molecule has 0 bridgehead atoms. The van der Waals surface area contributed by atoms with E-state index >= 15 is 0 Å². The number of nitrogens with one attached hydrogen (secondary N) is 1. The van der Waals surface area contributed by atoms with Gasteiger partial charge in [0.1, 0.15) is 5.54 Å². The minimum absolute atomic E-state index is 0.185. The maximum absolute atomic E-state index is 13.4. The molecule has 1 saturated heterocycles. The van der Waals surface area contributed by atoms with Crippen LogP contribution in [-0.4, -0.2) is 40.5 Å². The van der Waals surface area contributed by atoms with Gasteiger partial charge < -0.3 is 19.4 Å². The van der Waals surface area contributed by atoms with Gasteiger partial charge in [0.2, 0.25) is 6.79 Å². The number of aryl methyl sites for hydroxylation is 2. The lowest BCUT2D eigenvalue weighted by Gasteiger charge is -2.22. The summed E-state index contributed by atoms with van der Waals surface area (Å²) in [5.74, 6) is 0.690. The molecule has 3 heterocycles. The molecule has 8 heteroatoms. The van der Waals surface area contributed by atoms with Crippen molar-refractivity contribution >= 4 is 17.7 Å². The Morgan fingerprint density at radius 3 is 2.71 bits per heavy atom. The Balaban J connectivity index is 1.28. The summed E-state index contributed by atoms with van der Waals surface area (Å²) in [6, 6.07) is 14.5. The fourth-order valence-electron chi connectivity index (χ4n) is 5.43. The number of hydrogen-bond acceptors (Lipinski definition) is 5. The Labute approximate surface area is 196 Å². The molecule has 1 fully saturated rings. The minimum atomic E-state index is -1.07. The van der Waals surface area contributed by atoms with Crippen LogP contribution in [0.1, 0.15) is 39.3 Å². The molecular weight excluding hydrogens is 434 g/mol. The Kier molecular flexibility index (Phi) is 4.36. The molecule has 2 aromatic carbocycles. The van der Waals surface area contributed by atoms with Crippen LogP contribution in [0.15, 0.2) is 48.5 Å². The van der Waals surface area contributed by atoms with Gasteiger partial charge in [-0.2, -0.15) is 0 Å². The van der Waals surface area contributed by atoms with Crippen molar-refractivity contribution in [3.8, 4) is 17.2 Å². The summed E-state index contributed by atoms with van der Waals surface area (Å²) in [6.45, 7) is 3.64. The molecule has 1 N–H and O–H groups in total. The van der Waals surface area contributed by atoms with E-state index in [0.29, 0.717) is 29.9 Å². The number of amides is 3. The molecule has 3 amide bonds. The number of ether oxygens (including phenoxy) is 2. The average Bonchev–Trinajstić information content (AvgIpc) is 3.57. The SMILES string of the molecule is Cc1cc(C(=O)CN2C(=O)NC3(CCc4ccccc43)C2=O)c(C)n1-c1ccc2c(c1)OCO2. The number of aromatic nitrogens is 1. The van der Waals surface area contributed by atoms with Crippen molar-refractivity contribution in [3.05, 3.63) is 76.6 Å². The zero-order chi connectivity index (χ0) is 23.6. The second kappa shape index (κ2) is 7.21. The Morgan fingerprint density at radius 2 is 1.85 bits per heavy atom. The lowest BCUT2D eigenvalue weighted by Crippen LogP contribution is -2.42. The monoisotopic (exact) mass is 457 g/mol. The van der Waals surface area contributed by atoms with E-state index in [1.165, 1.54) is 0 Å². The van der Waals surface area contributed by atoms with E-state index in [1.807, 2.05) is 60.9 Å². The van der Waals surface area contributed by atoms with Gasteiger partial charge in [-0.25, -0.2) is 4.79 Å². The molecule has 34 heavy (non-hydrogen) atoms. The van der Waals surface area contributed by atoms with E-state index in [4.69, 9.17) is 9.47 Å². The van der Waals surface area contributed by atoms with E-state index < -0.39 is 11.6 Å². The first-order valence-corrected chi connectivity index (χ1v) is 11.2. The number of benzene rings is 2. The third kappa shape index (κ3) is 2.81. The zero-order valence-corrected chi connectivity index (χ0v) is 18.9. The van der Waals surface area contributed by atoms with Crippen LogP contribution < -0.4 is 14.8 Å². The molecule has 172 valence electrons. The summed E-state index contributed by atoms with van der Waals surface area (Å²) in [6.07, 6.45) is 1.21. The topological polar surface area (TPSA) is 89.9 Å². The van der Waals surface area contributed by atoms with Crippen LogP contribution >= 0.6 is 0 Å². The number of rotatable bonds is 4. The second-order valence-electron chi connectivity index (χ2n) is 8.96. The van der Waals surface area contributed by atoms with Crippen LogP contribution in [0.4, 0.5) is 4.79 Å². The Morgan fingerprint density at radius 1 is 1.06 bits per heavy atom. The summed E-state index contributed by atoms with van der Waals surface area (Å²) < 4.78 is 12.8. The van der Waals surface area contributed by atoms with Crippen LogP contribution in [0.25, 0.3) is 5.69 Å². The van der Waals surface area contributed by atoms with Gasteiger partial charge in [0.15, 0.2) is 17.3 Å². The molecule has 1 unspecified atom stereocenters. The van der Waals surface area contributed by atoms with Crippen LogP contribution in [-0.2, 0) is 16.8 Å². The fourth-order valence-corrected chi connectivity index (χ4v) is 5.43. The molecule has 3 aliphatic rings. The largest absolute Gasteiger partial charge is 0.454 e. The highest BCUT2D eigenvalue weighted by Crippen LogP contribution is 2.41. The lowest BCUT2D eigenvalue weighted by molar-refractivity contribution is -0.131. The molecule has 1 atom stereocenters. The van der Waals surface area contributed by atoms with Gasteiger partial charge in [0, 0.05) is 28.7 Å². The maximum atomic E-state index is 13.4. The van der Waals surface area contributed by atoms with Gasteiger partial charge in [-0.15, -0.1) is 0 Å². The van der Waals surface area contributed by atoms with E-state index in [9.17, 15) is 14.4 Å². The summed E-state index contributed by atoms with van der Waals surface area (Å²) in [7, 11) is 0. The molecule has 2 aliphatic heterocycles. The highest BCUT2D eigenvalue weighted by atomic mass is 16.7. The quantitative estimate of drug-likeness (QED) is 0.479. The van der Waals surface area contributed by atoms with Crippen molar-refractivity contribution in [3.63, 3.8) is 0 Å². The summed E-state index contributed by atoms with van der Waals surface area (Å²) in [5.41, 5.74) is 3.71. The highest BCUT2D eigenvalue weighted by molar-refractivity contribution is 6.12. The standard InChI is InChI=1S/C26H23N3O5/c1-15-11-19(16(2)29(15)18-7-8-22-23(12-18)34-14-33-22)21(30)13-28-24(31)26(27-25(28)32)10-9-17-5-3-4-6-20(17)26/h3-8,11-12H,9-10,13-14H2,1-2H3,(H,27,32). The minimum Gasteiger partial charge on any atom is -0.454 e. The molecule has 1 spiro atoms. The lowest BCUT2D eigenvalue weighted by atomic mass is 9.92. The van der Waals surface area contributed by atoms with Crippen molar-refractivity contribution in [2.24, 2.45) is 0 Å². The molecule has 8 nitrogen and oxygen atoms in total. The van der Waals surface area contributed by atoms with Crippen molar-refractivity contribution in [2.75, 3.05) is 13.3 Å². The number of nitrogens with zero attached hydrogens (tertiary/aromatic N) is 2. The number of hydrogen-bond donors (Lipinski definition) is 1. The van der Waals surface area contributed by atoms with Gasteiger partial charge in [0.05, 0.1) is 6.54 Å². The molecule has 0 saturated carbocycles. The van der Waals surface area contributed by atoms with Crippen molar-refractivity contribution < 1.29 is 23.9 Å². The molecule has 3 aromatic rings. The number of carbonyl (C=O) groups excluding carboxylic acids is 3. The van der Waals surface area contributed by atoms with Gasteiger partial charge in [-0.05, 0) is 56.0 Å². The second-order valence-corrected chi connectivity index (χ2v) is 8.96. The third-order valence-corrected chi connectivity index (χ3v) is 7.07. The van der Waals surface area contributed by atoms with Crippen LogP contribution in [0, 0.1) is 13.8 Å². The first kappa shape index (κ1) is 20.5. The van der Waals surface area contributed by atoms with E-state index in [0.717, 1.165) is 33.1 Å². The van der Waals surface area contributed by atoms with Crippen molar-refractivity contribution in [1.82, 2.24) is 14.8 Å². The molecule has 1 aromatic heterocycles. The van der Waals surface area contributed by atoms with Crippen LogP contribution in [0.2, 0.25) is 0 Å². The maximum Gasteiger partial charge on any atom is 0.325 e. The average molecular weight is 457 g/mol. The molecule has 1 aliphatic carbocycles. The first-order valence-electron chi connectivity index (χ1n) is 11.2. The van der Waals surface area contributed by atoms with Crippen molar-refractivity contribution in [1.29, 1.82) is 0 Å². The molecule has 6 rings (SSSR count). The summed E-state index contributed by atoms with van der Waals surface area (Å²) >= 11 is 0. The number of urea groups is 1. The Hall–Kier alpha value is -4.07. The highest BCUT2D eigenvalue weighted by Gasteiger charge is 2.55. The predicted octanol–water partition coefficient (Wildman–Crippen LogP) is 3.40. The first-order chi connectivity index (χ1) is 16.4. The number of imide groups is 1. The van der Waals surface area contributed by atoms with Gasteiger partial charge in [0.25, 0.3) is 5.91 Å². The van der Waals surface area contributed by atoms with Crippen molar-refractivity contribution in [2.45, 2.75) is 32.2 Å². The van der Waals surface area contributed by atoms with Gasteiger partial charge in [-0.1, -0.05) is 24.3 Å². The van der Waals surface area contributed by atoms with Crippen LogP contribution in [0.5, 0.6) is 11.5 Å². The number of carbonyl (C=O) groups is 3. The van der Waals surface area contributed by atoms with Crippen LogP contribution in [0.3, 0.4) is 0 Å². The summed E-state index contributed by atoms with van der Waals surface area (Å²) in [4.78, 5) is 40.6.